The Balaban J connectivity index is 1.72. The molecule has 0 aromatic rings. The minimum Gasteiger partial charge on any atom is -0.381 e. The highest BCUT2D eigenvalue weighted by Crippen LogP contribution is 2.08. The van der Waals surface area contributed by atoms with Crippen LogP contribution in [0.4, 0.5) is 0 Å². The summed E-state index contributed by atoms with van der Waals surface area (Å²) in [7, 11) is 2.09. The number of rotatable bonds is 3. The van der Waals surface area contributed by atoms with Gasteiger partial charge in [-0.15, -0.1) is 0 Å². The van der Waals surface area contributed by atoms with E-state index in [1.54, 1.807) is 0 Å². The van der Waals surface area contributed by atoms with Crippen LogP contribution in [-0.4, -0.2) is 62.8 Å². The molecular weight excluding hydrogens is 218 g/mol. The van der Waals surface area contributed by atoms with Crippen molar-refractivity contribution in [3.05, 3.63) is 0 Å². The molecule has 1 amide bonds. The molecule has 2 aliphatic rings. The summed E-state index contributed by atoms with van der Waals surface area (Å²) in [6.07, 6.45) is 2.50. The molecule has 5 nitrogen and oxygen atoms in total. The summed E-state index contributed by atoms with van der Waals surface area (Å²) in [4.78, 5) is 14.2. The van der Waals surface area contributed by atoms with Gasteiger partial charge in [0.25, 0.3) is 0 Å². The molecule has 2 rings (SSSR count). The molecule has 1 atom stereocenters. The van der Waals surface area contributed by atoms with Gasteiger partial charge in [0.05, 0.1) is 0 Å². The van der Waals surface area contributed by atoms with Crippen molar-refractivity contribution in [3.63, 3.8) is 0 Å². The Hall–Kier alpha value is -0.650. The number of nitrogens with zero attached hydrogens (tertiary/aromatic N) is 1. The third kappa shape index (κ3) is 3.94. The minimum absolute atomic E-state index is 0.178. The number of piperazine rings is 1. The Morgan fingerprint density at radius 1 is 1.47 bits per heavy atom. The number of hydrogen-bond donors (Lipinski definition) is 2. The summed E-state index contributed by atoms with van der Waals surface area (Å²) in [6.45, 7) is 4.51. The van der Waals surface area contributed by atoms with Crippen LogP contribution in [0.25, 0.3) is 0 Å². The molecule has 2 N–H and O–H groups in total. The summed E-state index contributed by atoms with van der Waals surface area (Å²) >= 11 is 0. The van der Waals surface area contributed by atoms with Crippen molar-refractivity contribution in [2.24, 2.45) is 0 Å². The molecule has 0 aromatic heterocycles. The summed E-state index contributed by atoms with van der Waals surface area (Å²) in [5.41, 5.74) is 0. The first-order valence-electron chi connectivity index (χ1n) is 6.54. The van der Waals surface area contributed by atoms with E-state index in [0.717, 1.165) is 45.7 Å². The highest BCUT2D eigenvalue weighted by atomic mass is 16.5. The highest BCUT2D eigenvalue weighted by Gasteiger charge is 2.23. The van der Waals surface area contributed by atoms with Crippen molar-refractivity contribution in [2.75, 3.05) is 39.9 Å². The maximum absolute atomic E-state index is 11.9. The van der Waals surface area contributed by atoms with Crippen molar-refractivity contribution in [1.82, 2.24) is 15.5 Å². The van der Waals surface area contributed by atoms with Crippen LogP contribution >= 0.6 is 0 Å². The van der Waals surface area contributed by atoms with E-state index >= 15 is 0 Å². The van der Waals surface area contributed by atoms with Crippen LogP contribution in [-0.2, 0) is 9.53 Å². The van der Waals surface area contributed by atoms with Crippen LogP contribution in [0.1, 0.15) is 19.3 Å². The normalized spacial score (nSPS) is 27.9. The Morgan fingerprint density at radius 2 is 2.24 bits per heavy atom. The summed E-state index contributed by atoms with van der Waals surface area (Å²) in [6, 6.07) is 0.654. The Morgan fingerprint density at radius 3 is 2.94 bits per heavy atom. The molecule has 2 saturated heterocycles. The quantitative estimate of drug-likeness (QED) is 0.704. The van der Waals surface area contributed by atoms with Gasteiger partial charge in [0.1, 0.15) is 0 Å². The average Bonchev–Trinajstić information content (AvgIpc) is 2.33. The fourth-order valence-electron chi connectivity index (χ4n) is 2.43. The van der Waals surface area contributed by atoms with Gasteiger partial charge in [0.15, 0.2) is 0 Å². The number of carbonyl (C=O) groups is 1. The van der Waals surface area contributed by atoms with E-state index in [2.05, 4.69) is 22.6 Å². The predicted molar refractivity (Wildman–Crippen MR) is 65.9 cm³/mol. The molecule has 5 heteroatoms. The summed E-state index contributed by atoms with van der Waals surface area (Å²) < 4.78 is 5.28. The second-order valence-corrected chi connectivity index (χ2v) is 5.00. The van der Waals surface area contributed by atoms with Gasteiger partial charge in [-0.25, -0.2) is 0 Å². The lowest BCUT2D eigenvalue weighted by Crippen LogP contribution is -2.51. The number of hydrogen-bond acceptors (Lipinski definition) is 4. The Labute approximate surface area is 103 Å². The summed E-state index contributed by atoms with van der Waals surface area (Å²) in [5.74, 6) is 0.178. The molecular formula is C12H23N3O2. The van der Waals surface area contributed by atoms with Crippen LogP contribution in [0.3, 0.4) is 0 Å². The molecule has 0 aliphatic carbocycles. The number of amides is 1. The maximum atomic E-state index is 11.9. The molecule has 0 radical (unpaired) electrons. The van der Waals surface area contributed by atoms with Crippen molar-refractivity contribution < 1.29 is 9.53 Å². The second kappa shape index (κ2) is 6.33. The number of carbonyl (C=O) groups excluding carboxylic acids is 1. The van der Waals surface area contributed by atoms with Gasteiger partial charge in [-0.2, -0.15) is 0 Å². The van der Waals surface area contributed by atoms with Crippen LogP contribution in [0.15, 0.2) is 0 Å². The molecule has 0 spiro atoms. The molecule has 0 bridgehead atoms. The van der Waals surface area contributed by atoms with Gasteiger partial charge in [-0.1, -0.05) is 0 Å². The molecule has 2 aliphatic heterocycles. The van der Waals surface area contributed by atoms with Gasteiger partial charge < -0.3 is 20.3 Å². The third-order valence-corrected chi connectivity index (χ3v) is 3.65. The maximum Gasteiger partial charge on any atom is 0.221 e. The first-order chi connectivity index (χ1) is 8.25. The Kier molecular flexibility index (Phi) is 4.76. The summed E-state index contributed by atoms with van der Waals surface area (Å²) in [5, 5.41) is 6.45. The molecule has 1 unspecified atom stereocenters. The van der Waals surface area contributed by atoms with Crippen LogP contribution in [0.2, 0.25) is 0 Å². The molecule has 2 fully saturated rings. The largest absolute Gasteiger partial charge is 0.381 e. The molecule has 0 aromatic carbocycles. The standard InChI is InChI=1S/C12H23N3O2/c1-15-5-4-13-9-11(15)8-12(16)14-10-2-6-17-7-3-10/h10-11,13H,2-9H2,1H3,(H,14,16). The van der Waals surface area contributed by atoms with E-state index in [-0.39, 0.29) is 5.91 Å². The van der Waals surface area contributed by atoms with E-state index in [1.165, 1.54) is 0 Å². The van der Waals surface area contributed by atoms with Gasteiger partial charge in [-0.3, -0.25) is 4.79 Å². The van der Waals surface area contributed by atoms with E-state index < -0.39 is 0 Å². The topological polar surface area (TPSA) is 53.6 Å². The van der Waals surface area contributed by atoms with Crippen LogP contribution < -0.4 is 10.6 Å². The van der Waals surface area contributed by atoms with Gasteiger partial charge in [0, 0.05) is 51.4 Å². The smallest absolute Gasteiger partial charge is 0.221 e. The van der Waals surface area contributed by atoms with E-state index in [9.17, 15) is 4.79 Å². The van der Waals surface area contributed by atoms with Crippen molar-refractivity contribution >= 4 is 5.91 Å². The number of likely N-dealkylation sites (N-methyl/N-ethyl adjacent to an activating group) is 1. The molecule has 17 heavy (non-hydrogen) atoms. The lowest BCUT2D eigenvalue weighted by atomic mass is 10.1. The highest BCUT2D eigenvalue weighted by molar-refractivity contribution is 5.77. The predicted octanol–water partition coefficient (Wildman–Crippen LogP) is -0.425. The fraction of sp³-hybridized carbons (Fsp3) is 0.917. The average molecular weight is 241 g/mol. The monoisotopic (exact) mass is 241 g/mol. The van der Waals surface area contributed by atoms with E-state index in [0.29, 0.717) is 18.5 Å². The van der Waals surface area contributed by atoms with Crippen LogP contribution in [0.5, 0.6) is 0 Å². The fourth-order valence-corrected chi connectivity index (χ4v) is 2.43. The van der Waals surface area contributed by atoms with Crippen LogP contribution in [0, 0.1) is 0 Å². The second-order valence-electron chi connectivity index (χ2n) is 5.00. The third-order valence-electron chi connectivity index (χ3n) is 3.65. The van der Waals surface area contributed by atoms with Gasteiger partial charge >= 0.3 is 0 Å². The van der Waals surface area contributed by atoms with E-state index in [1.807, 2.05) is 0 Å². The zero-order chi connectivity index (χ0) is 12.1. The van der Waals surface area contributed by atoms with Gasteiger partial charge in [0.2, 0.25) is 5.91 Å². The lowest BCUT2D eigenvalue weighted by Gasteiger charge is -2.33. The molecule has 0 saturated carbocycles. The number of nitrogens with one attached hydrogen (secondary N) is 2. The van der Waals surface area contributed by atoms with Gasteiger partial charge in [-0.05, 0) is 19.9 Å². The SMILES string of the molecule is CN1CCNCC1CC(=O)NC1CCOCC1. The Bertz CT molecular complexity index is 254. The lowest BCUT2D eigenvalue weighted by molar-refractivity contribution is -0.123. The van der Waals surface area contributed by atoms with Crippen molar-refractivity contribution in [2.45, 2.75) is 31.3 Å². The van der Waals surface area contributed by atoms with E-state index in [4.69, 9.17) is 4.74 Å². The zero-order valence-corrected chi connectivity index (χ0v) is 10.6. The zero-order valence-electron chi connectivity index (χ0n) is 10.6. The molecule has 98 valence electrons. The minimum atomic E-state index is 0.178. The number of ether oxygens (including phenoxy) is 1. The molecule has 2 heterocycles. The first-order valence-corrected chi connectivity index (χ1v) is 6.54. The van der Waals surface area contributed by atoms with Crippen molar-refractivity contribution in [3.8, 4) is 0 Å². The van der Waals surface area contributed by atoms with Crippen molar-refractivity contribution in [1.29, 1.82) is 0 Å². The first kappa shape index (κ1) is 12.8.